The average molecular weight is 350 g/mol. The van der Waals surface area contributed by atoms with Crippen LogP contribution in [0.1, 0.15) is 5.56 Å². The molecule has 0 radical (unpaired) electrons. The lowest BCUT2D eigenvalue weighted by molar-refractivity contribution is -0.118. The molecule has 0 aliphatic rings. The molecule has 1 N–H and O–H groups in total. The van der Waals surface area contributed by atoms with Crippen molar-refractivity contribution in [3.8, 4) is 11.5 Å². The number of carbonyl (C=O) groups excluding carboxylic acids is 1. The molecule has 0 aliphatic carbocycles. The first kappa shape index (κ1) is 15.4. The van der Waals surface area contributed by atoms with E-state index in [9.17, 15) is 4.79 Å². The highest BCUT2D eigenvalue weighted by atomic mass is 79.9. The van der Waals surface area contributed by atoms with Crippen molar-refractivity contribution in [1.29, 1.82) is 0 Å². The van der Waals surface area contributed by atoms with Gasteiger partial charge in [-0.25, -0.2) is 0 Å². The van der Waals surface area contributed by atoms with Crippen LogP contribution in [0.4, 0.5) is 5.69 Å². The molecule has 0 fully saturated rings. The predicted octanol–water partition coefficient (Wildman–Crippen LogP) is 3.78. The normalized spacial score (nSPS) is 10.0. The molecule has 110 valence electrons. The third-order valence-corrected chi connectivity index (χ3v) is 3.33. The molecule has 4 nitrogen and oxygen atoms in total. The van der Waals surface area contributed by atoms with Crippen LogP contribution in [-0.4, -0.2) is 19.6 Å². The van der Waals surface area contributed by atoms with Gasteiger partial charge < -0.3 is 14.8 Å². The van der Waals surface area contributed by atoms with E-state index in [1.54, 1.807) is 13.2 Å². The monoisotopic (exact) mass is 349 g/mol. The van der Waals surface area contributed by atoms with Crippen LogP contribution >= 0.6 is 15.9 Å². The summed E-state index contributed by atoms with van der Waals surface area (Å²) in [6.45, 7) is 1.89. The Labute approximate surface area is 132 Å². The van der Waals surface area contributed by atoms with Gasteiger partial charge in [-0.3, -0.25) is 4.79 Å². The van der Waals surface area contributed by atoms with Crippen molar-refractivity contribution in [3.63, 3.8) is 0 Å². The fourth-order valence-corrected chi connectivity index (χ4v) is 2.03. The molecule has 0 unspecified atom stereocenters. The molecule has 0 heterocycles. The van der Waals surface area contributed by atoms with Gasteiger partial charge in [0.05, 0.1) is 7.11 Å². The first-order valence-corrected chi connectivity index (χ1v) is 7.20. The van der Waals surface area contributed by atoms with Crippen LogP contribution in [0.15, 0.2) is 46.9 Å². The zero-order chi connectivity index (χ0) is 15.2. The van der Waals surface area contributed by atoms with Crippen molar-refractivity contribution in [2.24, 2.45) is 0 Å². The van der Waals surface area contributed by atoms with Crippen molar-refractivity contribution in [3.05, 3.63) is 52.5 Å². The number of anilines is 1. The van der Waals surface area contributed by atoms with Crippen LogP contribution in [0.3, 0.4) is 0 Å². The molecule has 2 rings (SSSR count). The summed E-state index contributed by atoms with van der Waals surface area (Å²) in [5.74, 6) is 0.945. The van der Waals surface area contributed by atoms with Crippen LogP contribution in [0.5, 0.6) is 11.5 Å². The van der Waals surface area contributed by atoms with Gasteiger partial charge in [0.1, 0.15) is 0 Å². The highest BCUT2D eigenvalue weighted by Crippen LogP contribution is 2.27. The lowest BCUT2D eigenvalue weighted by Crippen LogP contribution is -2.20. The van der Waals surface area contributed by atoms with Gasteiger partial charge in [0.15, 0.2) is 18.1 Å². The fourth-order valence-electron chi connectivity index (χ4n) is 1.77. The van der Waals surface area contributed by atoms with E-state index in [4.69, 9.17) is 9.47 Å². The third-order valence-electron chi connectivity index (χ3n) is 2.81. The summed E-state index contributed by atoms with van der Waals surface area (Å²) in [5, 5.41) is 2.76. The number of hydrogen-bond donors (Lipinski definition) is 1. The zero-order valence-corrected chi connectivity index (χ0v) is 13.4. The Morgan fingerprint density at radius 2 is 1.86 bits per heavy atom. The van der Waals surface area contributed by atoms with Crippen LogP contribution in [0, 0.1) is 6.92 Å². The molecule has 2 aromatic rings. The lowest BCUT2D eigenvalue weighted by atomic mass is 10.2. The summed E-state index contributed by atoms with van der Waals surface area (Å²) in [4.78, 5) is 11.8. The lowest BCUT2D eigenvalue weighted by Gasteiger charge is -2.11. The maximum Gasteiger partial charge on any atom is 0.262 e. The second-order valence-corrected chi connectivity index (χ2v) is 5.41. The molecular formula is C16H16BrNO3. The highest BCUT2D eigenvalue weighted by Gasteiger charge is 2.08. The largest absolute Gasteiger partial charge is 0.493 e. The van der Waals surface area contributed by atoms with Crippen LogP contribution in [0.25, 0.3) is 0 Å². The Kier molecular flexibility index (Phi) is 5.22. The minimum Gasteiger partial charge on any atom is -0.493 e. The minimum atomic E-state index is -0.222. The Balaban J connectivity index is 1.93. The van der Waals surface area contributed by atoms with Crippen molar-refractivity contribution < 1.29 is 14.3 Å². The van der Waals surface area contributed by atoms with Crippen LogP contribution in [-0.2, 0) is 4.79 Å². The number of benzene rings is 2. The number of rotatable bonds is 5. The number of halogens is 1. The molecule has 1 amide bonds. The molecule has 0 bridgehead atoms. The SMILES string of the molecule is COc1cc(C)ccc1OCC(=O)Nc1ccc(Br)cc1. The number of hydrogen-bond acceptors (Lipinski definition) is 3. The molecule has 0 saturated carbocycles. The topological polar surface area (TPSA) is 47.6 Å². The first-order chi connectivity index (χ1) is 10.1. The average Bonchev–Trinajstić information content (AvgIpc) is 2.48. The van der Waals surface area contributed by atoms with E-state index in [-0.39, 0.29) is 12.5 Å². The number of carbonyl (C=O) groups is 1. The van der Waals surface area contributed by atoms with Gasteiger partial charge in [-0.2, -0.15) is 0 Å². The first-order valence-electron chi connectivity index (χ1n) is 6.41. The quantitative estimate of drug-likeness (QED) is 0.893. The summed E-state index contributed by atoms with van der Waals surface area (Å²) < 4.78 is 11.7. The standard InChI is InChI=1S/C16H16BrNO3/c1-11-3-8-14(15(9-11)20-2)21-10-16(19)18-13-6-4-12(17)5-7-13/h3-9H,10H2,1-2H3,(H,18,19). The summed E-state index contributed by atoms with van der Waals surface area (Å²) >= 11 is 3.34. The summed E-state index contributed by atoms with van der Waals surface area (Å²) in [6.07, 6.45) is 0. The van der Waals surface area contributed by atoms with E-state index in [1.165, 1.54) is 0 Å². The summed E-state index contributed by atoms with van der Waals surface area (Å²) in [5.41, 5.74) is 1.79. The second kappa shape index (κ2) is 7.13. The molecule has 2 aromatic carbocycles. The van der Waals surface area contributed by atoms with Gasteiger partial charge in [0.2, 0.25) is 0 Å². The molecular weight excluding hydrogens is 334 g/mol. The number of aryl methyl sites for hydroxylation is 1. The van der Waals surface area contributed by atoms with E-state index in [1.807, 2.05) is 43.3 Å². The number of nitrogens with one attached hydrogen (secondary N) is 1. The van der Waals surface area contributed by atoms with Crippen molar-refractivity contribution in [1.82, 2.24) is 0 Å². The minimum absolute atomic E-state index is 0.0739. The van der Waals surface area contributed by atoms with Gasteiger partial charge in [0, 0.05) is 10.2 Å². The smallest absolute Gasteiger partial charge is 0.262 e. The maximum absolute atomic E-state index is 11.8. The number of ether oxygens (including phenoxy) is 2. The summed E-state index contributed by atoms with van der Waals surface area (Å²) in [7, 11) is 1.57. The van der Waals surface area contributed by atoms with Gasteiger partial charge in [-0.05, 0) is 48.9 Å². The molecule has 0 spiro atoms. The highest BCUT2D eigenvalue weighted by molar-refractivity contribution is 9.10. The van der Waals surface area contributed by atoms with E-state index in [2.05, 4.69) is 21.2 Å². The van der Waals surface area contributed by atoms with E-state index >= 15 is 0 Å². The van der Waals surface area contributed by atoms with Gasteiger partial charge in [-0.1, -0.05) is 22.0 Å². The van der Waals surface area contributed by atoms with E-state index < -0.39 is 0 Å². The molecule has 0 aromatic heterocycles. The molecule has 5 heteroatoms. The summed E-state index contributed by atoms with van der Waals surface area (Å²) in [6, 6.07) is 12.9. The number of methoxy groups -OCH3 is 1. The molecule has 0 aliphatic heterocycles. The van der Waals surface area contributed by atoms with Crippen molar-refractivity contribution in [2.45, 2.75) is 6.92 Å². The van der Waals surface area contributed by atoms with E-state index in [0.29, 0.717) is 11.5 Å². The van der Waals surface area contributed by atoms with Gasteiger partial charge >= 0.3 is 0 Å². The Hall–Kier alpha value is -2.01. The molecule has 0 atom stereocenters. The Morgan fingerprint density at radius 1 is 1.14 bits per heavy atom. The predicted molar refractivity (Wildman–Crippen MR) is 86.0 cm³/mol. The number of amides is 1. The second-order valence-electron chi connectivity index (χ2n) is 4.50. The maximum atomic E-state index is 11.8. The van der Waals surface area contributed by atoms with Crippen molar-refractivity contribution in [2.75, 3.05) is 19.0 Å². The fraction of sp³-hybridized carbons (Fsp3) is 0.188. The van der Waals surface area contributed by atoms with Gasteiger partial charge in [-0.15, -0.1) is 0 Å². The Bertz CT molecular complexity index is 626. The van der Waals surface area contributed by atoms with Gasteiger partial charge in [0.25, 0.3) is 5.91 Å². The van der Waals surface area contributed by atoms with E-state index in [0.717, 1.165) is 15.7 Å². The van der Waals surface area contributed by atoms with Crippen molar-refractivity contribution >= 4 is 27.5 Å². The molecule has 0 saturated heterocycles. The zero-order valence-electron chi connectivity index (χ0n) is 11.9. The Morgan fingerprint density at radius 3 is 2.52 bits per heavy atom. The van der Waals surface area contributed by atoms with Crippen LogP contribution in [0.2, 0.25) is 0 Å². The molecule has 21 heavy (non-hydrogen) atoms. The third kappa shape index (κ3) is 4.49. The van der Waals surface area contributed by atoms with Crippen LogP contribution < -0.4 is 14.8 Å².